The zero-order chi connectivity index (χ0) is 5.11. The van der Waals surface area contributed by atoms with Crippen molar-refractivity contribution >= 4 is 13.4 Å². The van der Waals surface area contributed by atoms with Gasteiger partial charge < -0.3 is 0 Å². The van der Waals surface area contributed by atoms with E-state index < -0.39 is 0 Å². The van der Waals surface area contributed by atoms with Crippen LogP contribution in [0.3, 0.4) is 0 Å². The Kier molecular flexibility index (Phi) is 12.7. The van der Waals surface area contributed by atoms with Crippen molar-refractivity contribution in [2.75, 3.05) is 0 Å². The maximum atomic E-state index is 5.18. The predicted molar refractivity (Wildman–Crippen MR) is 34.9 cm³/mol. The Bertz CT molecular complexity index is 148. The van der Waals surface area contributed by atoms with Crippen LogP contribution in [0.5, 0.6) is 0 Å². The van der Waals surface area contributed by atoms with Crippen LogP contribution in [0.4, 0.5) is 14.1 Å². The molecule has 0 saturated carbocycles. The molecule has 0 unspecified atom stereocenters. The summed E-state index contributed by atoms with van der Waals surface area (Å²) in [6.45, 7) is 0. The van der Waals surface area contributed by atoms with Crippen molar-refractivity contribution in [1.29, 1.82) is 0 Å². The van der Waals surface area contributed by atoms with E-state index in [1.165, 1.54) is 0 Å². The minimum atomic E-state index is 0. The minimum absolute atomic E-state index is 0. The number of aromatic nitrogens is 2. The van der Waals surface area contributed by atoms with E-state index in [-0.39, 0.29) is 14.1 Å². The molecule has 56 valence electrons. The number of hydrogen-bond acceptors (Lipinski definition) is 2. The quantitative estimate of drug-likeness (QED) is 0.475. The third-order valence-corrected chi connectivity index (χ3v) is 0.593. The van der Waals surface area contributed by atoms with Crippen LogP contribution >= 0.6 is 0 Å². The molecule has 1 rings (SSSR count). The summed E-state index contributed by atoms with van der Waals surface area (Å²) in [5.74, 6) is 0. The Hall–Kier alpha value is -1.07. The van der Waals surface area contributed by atoms with E-state index in [0.29, 0.717) is 5.59 Å². The van der Waals surface area contributed by atoms with Gasteiger partial charge >= 0.3 is 0 Å². The molecule has 0 bridgehead atoms. The number of hydrogen-bond donors (Lipinski definition) is 0. The molecule has 0 saturated heterocycles. The van der Waals surface area contributed by atoms with Gasteiger partial charge in [-0.2, -0.15) is 10.2 Å². The van der Waals surface area contributed by atoms with Crippen molar-refractivity contribution in [3.63, 3.8) is 0 Å². The van der Waals surface area contributed by atoms with Gasteiger partial charge in [-0.1, -0.05) is 0 Å². The molecule has 0 fully saturated rings. The minimum Gasteiger partial charge on any atom is -0.269 e. The van der Waals surface area contributed by atoms with Crippen LogP contribution in [-0.4, -0.2) is 18.0 Å². The van der Waals surface area contributed by atoms with Gasteiger partial charge in [-0.25, -0.2) is 0 Å². The fraction of sp³-hybridized carbons (Fsp3) is 0. The van der Waals surface area contributed by atoms with Crippen molar-refractivity contribution in [3.8, 4) is 0 Å². The summed E-state index contributed by atoms with van der Waals surface area (Å²) < 4.78 is 0. The molecule has 0 atom stereocenters. The van der Waals surface area contributed by atoms with Crippen LogP contribution in [0.1, 0.15) is 0 Å². The predicted octanol–water partition coefficient (Wildman–Crippen LogP) is -0.272. The van der Waals surface area contributed by atoms with Gasteiger partial charge in [-0.05, 0) is 12.1 Å². The first-order valence-electron chi connectivity index (χ1n) is 1.93. The SMILES string of the molecule is F.F.F.[B]c1cccnn1. The highest BCUT2D eigenvalue weighted by molar-refractivity contribution is 6.30. The average molecular weight is 150 g/mol. The lowest BCUT2D eigenvalue weighted by atomic mass is 10.1. The summed E-state index contributed by atoms with van der Waals surface area (Å²) in [4.78, 5) is 0. The van der Waals surface area contributed by atoms with Crippen molar-refractivity contribution in [2.45, 2.75) is 0 Å². The second kappa shape index (κ2) is 7.93. The molecule has 2 nitrogen and oxygen atoms in total. The van der Waals surface area contributed by atoms with Crippen molar-refractivity contribution in [2.24, 2.45) is 0 Å². The van der Waals surface area contributed by atoms with Gasteiger partial charge in [0.2, 0.25) is 0 Å². The highest BCUT2D eigenvalue weighted by Crippen LogP contribution is 1.65. The molecule has 1 aromatic rings. The molecule has 0 spiro atoms. The highest BCUT2D eigenvalue weighted by Gasteiger charge is 1.74. The zero-order valence-corrected chi connectivity index (χ0v) is 4.93. The Morgan fingerprint density at radius 2 is 1.80 bits per heavy atom. The Morgan fingerprint density at radius 1 is 1.20 bits per heavy atom. The smallest absolute Gasteiger partial charge is 0.144 e. The molecule has 0 aliphatic carbocycles. The number of rotatable bonds is 0. The maximum Gasteiger partial charge on any atom is 0.144 e. The summed E-state index contributed by atoms with van der Waals surface area (Å²) in [7, 11) is 5.18. The lowest BCUT2D eigenvalue weighted by Crippen LogP contribution is -2.07. The molecule has 0 N–H and O–H groups in total. The average Bonchev–Trinajstić information content (AvgIpc) is 1.69. The maximum absolute atomic E-state index is 5.18. The lowest BCUT2D eigenvalue weighted by molar-refractivity contribution is 1.06. The van der Waals surface area contributed by atoms with E-state index in [0.717, 1.165) is 0 Å². The molecule has 6 heteroatoms. The molecule has 10 heavy (non-hydrogen) atoms. The van der Waals surface area contributed by atoms with E-state index in [1.54, 1.807) is 18.3 Å². The van der Waals surface area contributed by atoms with Gasteiger partial charge in [0.15, 0.2) is 0 Å². The molecule has 0 aliphatic rings. The van der Waals surface area contributed by atoms with Crippen molar-refractivity contribution < 1.29 is 14.1 Å². The molecular formula is C4H6BF3N2. The number of nitrogens with zero attached hydrogens (tertiary/aromatic N) is 2. The molecule has 0 aliphatic heterocycles. The molecule has 0 aromatic carbocycles. The molecule has 1 heterocycles. The third kappa shape index (κ3) is 5.08. The second-order valence-electron chi connectivity index (χ2n) is 1.15. The summed E-state index contributed by atoms with van der Waals surface area (Å²) in [5.41, 5.74) is 0.461. The van der Waals surface area contributed by atoms with Crippen LogP contribution in [0.2, 0.25) is 0 Å². The Morgan fingerprint density at radius 3 is 2.00 bits per heavy atom. The first kappa shape index (κ1) is 16.0. The van der Waals surface area contributed by atoms with E-state index in [2.05, 4.69) is 10.2 Å². The van der Waals surface area contributed by atoms with Gasteiger partial charge in [0.05, 0.1) is 0 Å². The second-order valence-corrected chi connectivity index (χ2v) is 1.15. The van der Waals surface area contributed by atoms with Gasteiger partial charge in [0, 0.05) is 11.8 Å². The molecule has 0 amide bonds. The first-order chi connectivity index (χ1) is 3.39. The fourth-order valence-corrected chi connectivity index (χ4v) is 0.313. The van der Waals surface area contributed by atoms with E-state index in [1.807, 2.05) is 0 Å². The summed E-state index contributed by atoms with van der Waals surface area (Å²) in [5, 5.41) is 7.02. The Balaban J connectivity index is -0.000000163. The van der Waals surface area contributed by atoms with Crippen LogP contribution < -0.4 is 5.59 Å². The molecule has 1 aromatic heterocycles. The van der Waals surface area contributed by atoms with Gasteiger partial charge in [-0.15, -0.1) is 0 Å². The highest BCUT2D eigenvalue weighted by atomic mass is 19.0. The third-order valence-electron chi connectivity index (χ3n) is 0.593. The molecular weight excluding hydrogens is 144 g/mol. The summed E-state index contributed by atoms with van der Waals surface area (Å²) in [6, 6.07) is 3.43. The standard InChI is InChI=1S/C4H3BN2.3FH/c5-4-2-1-3-6-7-4;;;/h1-3H;3*1H. The van der Waals surface area contributed by atoms with Crippen LogP contribution in [-0.2, 0) is 0 Å². The lowest BCUT2D eigenvalue weighted by Gasteiger charge is -1.81. The van der Waals surface area contributed by atoms with Crippen LogP contribution in [0.25, 0.3) is 0 Å². The van der Waals surface area contributed by atoms with Crippen LogP contribution in [0, 0.1) is 0 Å². The number of halogens is 3. The largest absolute Gasteiger partial charge is 0.269 e. The van der Waals surface area contributed by atoms with E-state index in [4.69, 9.17) is 7.85 Å². The van der Waals surface area contributed by atoms with Gasteiger partial charge in [0.25, 0.3) is 0 Å². The van der Waals surface area contributed by atoms with Gasteiger partial charge in [0.1, 0.15) is 7.85 Å². The van der Waals surface area contributed by atoms with Gasteiger partial charge in [-0.3, -0.25) is 14.1 Å². The van der Waals surface area contributed by atoms with Crippen molar-refractivity contribution in [3.05, 3.63) is 18.3 Å². The summed E-state index contributed by atoms with van der Waals surface area (Å²) >= 11 is 0. The normalized spacial score (nSPS) is 6.00. The monoisotopic (exact) mass is 150 g/mol. The Labute approximate surface area is 57.2 Å². The zero-order valence-electron chi connectivity index (χ0n) is 4.93. The topological polar surface area (TPSA) is 25.8 Å². The molecule has 2 radical (unpaired) electrons. The van der Waals surface area contributed by atoms with Crippen LogP contribution in [0.15, 0.2) is 18.3 Å². The summed E-state index contributed by atoms with van der Waals surface area (Å²) in [6.07, 6.45) is 1.58. The van der Waals surface area contributed by atoms with Crippen molar-refractivity contribution in [1.82, 2.24) is 10.2 Å². The van der Waals surface area contributed by atoms with E-state index in [9.17, 15) is 0 Å². The fourth-order valence-electron chi connectivity index (χ4n) is 0.313. The first-order valence-corrected chi connectivity index (χ1v) is 1.93. The van der Waals surface area contributed by atoms with E-state index >= 15 is 0 Å².